The SMILES string of the molecule is c1ccc2cc(-c3c4ccccc4c(-c4c5ccccc5c(-c5ccc6sc7cc8ccccc8cc7c6c5)c5ccccc45)c4ccccc34)ccc2c1. The smallest absolute Gasteiger partial charge is 0.0361 e. The van der Waals surface area contributed by atoms with Crippen molar-refractivity contribution in [2.24, 2.45) is 0 Å². The first-order chi connectivity index (χ1) is 27.3. The molecule has 0 aliphatic rings. The maximum Gasteiger partial charge on any atom is 0.0361 e. The molecule has 12 aromatic rings. The van der Waals surface area contributed by atoms with Gasteiger partial charge in [-0.15, -0.1) is 11.3 Å². The van der Waals surface area contributed by atoms with Crippen LogP contribution in [0.3, 0.4) is 0 Å². The van der Waals surface area contributed by atoms with Crippen molar-refractivity contribution >= 4 is 96.1 Å². The van der Waals surface area contributed by atoms with Gasteiger partial charge in [0, 0.05) is 20.2 Å². The van der Waals surface area contributed by atoms with Crippen molar-refractivity contribution in [2.45, 2.75) is 0 Å². The van der Waals surface area contributed by atoms with Gasteiger partial charge in [-0.3, -0.25) is 0 Å². The van der Waals surface area contributed by atoms with Crippen LogP contribution in [0.25, 0.3) is 118 Å². The summed E-state index contributed by atoms with van der Waals surface area (Å²) in [7, 11) is 0. The topological polar surface area (TPSA) is 0 Å². The molecule has 0 atom stereocenters. The molecule has 0 saturated heterocycles. The fourth-order valence-electron chi connectivity index (χ4n) is 9.38. The second-order valence-electron chi connectivity index (χ2n) is 14.8. The second kappa shape index (κ2) is 11.9. The fraction of sp³-hybridized carbons (Fsp3) is 0. The van der Waals surface area contributed by atoms with Gasteiger partial charge in [0.05, 0.1) is 0 Å². The van der Waals surface area contributed by atoms with Crippen LogP contribution in [0.4, 0.5) is 0 Å². The Balaban J connectivity index is 1.18. The van der Waals surface area contributed by atoms with E-state index in [0.29, 0.717) is 0 Å². The molecule has 254 valence electrons. The third-order valence-corrected chi connectivity index (χ3v) is 12.9. The maximum atomic E-state index is 2.44. The van der Waals surface area contributed by atoms with Crippen LogP contribution in [0.1, 0.15) is 0 Å². The summed E-state index contributed by atoms with van der Waals surface area (Å²) in [4.78, 5) is 0. The number of rotatable bonds is 3. The first kappa shape index (κ1) is 30.6. The molecule has 55 heavy (non-hydrogen) atoms. The minimum Gasteiger partial charge on any atom is -0.135 e. The summed E-state index contributed by atoms with van der Waals surface area (Å²) in [5.74, 6) is 0. The van der Waals surface area contributed by atoms with Crippen LogP contribution in [0.2, 0.25) is 0 Å². The zero-order valence-corrected chi connectivity index (χ0v) is 30.7. The van der Waals surface area contributed by atoms with Crippen molar-refractivity contribution < 1.29 is 0 Å². The molecule has 0 saturated carbocycles. The molecule has 0 amide bonds. The monoisotopic (exact) mass is 712 g/mol. The summed E-state index contributed by atoms with van der Waals surface area (Å²) in [6, 6.07) is 72.4. The van der Waals surface area contributed by atoms with Crippen LogP contribution < -0.4 is 0 Å². The van der Waals surface area contributed by atoms with Crippen LogP contribution in [0, 0.1) is 0 Å². The Morgan fingerprint density at radius 3 is 1.09 bits per heavy atom. The molecule has 0 nitrogen and oxygen atoms in total. The van der Waals surface area contributed by atoms with Crippen LogP contribution in [-0.4, -0.2) is 0 Å². The minimum atomic E-state index is 1.24. The number of benzene rings is 11. The van der Waals surface area contributed by atoms with Gasteiger partial charge in [-0.2, -0.15) is 0 Å². The Morgan fingerprint density at radius 2 is 0.582 bits per heavy atom. The van der Waals surface area contributed by atoms with E-state index in [9.17, 15) is 0 Å². The van der Waals surface area contributed by atoms with Gasteiger partial charge in [0.2, 0.25) is 0 Å². The Bertz CT molecular complexity index is 3430. The van der Waals surface area contributed by atoms with E-state index in [1.807, 2.05) is 11.3 Å². The number of hydrogen-bond donors (Lipinski definition) is 0. The van der Waals surface area contributed by atoms with Crippen molar-refractivity contribution in [1.82, 2.24) is 0 Å². The number of fused-ring (bicyclic) bond motifs is 9. The average Bonchev–Trinajstić information content (AvgIpc) is 3.60. The highest BCUT2D eigenvalue weighted by atomic mass is 32.1. The molecule has 0 aliphatic heterocycles. The zero-order valence-electron chi connectivity index (χ0n) is 29.9. The maximum absolute atomic E-state index is 2.44. The lowest BCUT2D eigenvalue weighted by atomic mass is 9.81. The quantitative estimate of drug-likeness (QED) is 0.160. The van der Waals surface area contributed by atoms with E-state index < -0.39 is 0 Å². The lowest BCUT2D eigenvalue weighted by molar-refractivity contribution is 1.68. The van der Waals surface area contributed by atoms with Crippen molar-refractivity contribution in [1.29, 1.82) is 0 Å². The van der Waals surface area contributed by atoms with Gasteiger partial charge in [0.25, 0.3) is 0 Å². The van der Waals surface area contributed by atoms with Crippen molar-refractivity contribution in [2.75, 3.05) is 0 Å². The molecule has 0 radical (unpaired) electrons. The molecular formula is C54H32S. The minimum absolute atomic E-state index is 1.24. The lowest BCUT2D eigenvalue weighted by Gasteiger charge is -2.22. The second-order valence-corrected chi connectivity index (χ2v) is 15.8. The van der Waals surface area contributed by atoms with Gasteiger partial charge in [-0.25, -0.2) is 0 Å². The number of thiophene rings is 1. The molecule has 0 aliphatic carbocycles. The molecule has 0 fully saturated rings. The third-order valence-electron chi connectivity index (χ3n) is 11.8. The van der Waals surface area contributed by atoms with Crippen LogP contribution in [-0.2, 0) is 0 Å². The average molecular weight is 713 g/mol. The summed E-state index contributed by atoms with van der Waals surface area (Å²) in [5.41, 5.74) is 7.66. The highest BCUT2D eigenvalue weighted by Gasteiger charge is 2.22. The van der Waals surface area contributed by atoms with E-state index in [1.54, 1.807) is 0 Å². The van der Waals surface area contributed by atoms with Gasteiger partial charge in [0.15, 0.2) is 0 Å². The highest BCUT2D eigenvalue weighted by molar-refractivity contribution is 7.25. The molecule has 1 heterocycles. The normalized spacial score (nSPS) is 12.0. The summed E-state index contributed by atoms with van der Waals surface area (Å²) >= 11 is 1.89. The standard InChI is InChI=1S/C54H32S/c1-2-14-34-29-37(26-25-33(34)13-1)51-39-17-5-9-21-43(39)53(44-22-10-6-18-40(44)51)54-45-23-11-7-19-41(45)52(42-20-8-12-24-46(42)54)38-27-28-49-47(31-38)48-30-35-15-3-4-16-36(35)32-50(48)55-49/h1-32H. The first-order valence-corrected chi connectivity index (χ1v) is 19.8. The zero-order chi connectivity index (χ0) is 36.0. The van der Waals surface area contributed by atoms with Gasteiger partial charge in [-0.1, -0.05) is 164 Å². The summed E-state index contributed by atoms with van der Waals surface area (Å²) in [6.07, 6.45) is 0. The van der Waals surface area contributed by atoms with E-state index >= 15 is 0 Å². The summed E-state index contributed by atoms with van der Waals surface area (Å²) in [6.45, 7) is 0. The lowest BCUT2D eigenvalue weighted by Crippen LogP contribution is -1.94. The van der Waals surface area contributed by atoms with Crippen LogP contribution >= 0.6 is 11.3 Å². The summed E-state index contributed by atoms with van der Waals surface area (Å²) in [5, 5.41) is 17.9. The van der Waals surface area contributed by atoms with E-state index in [-0.39, 0.29) is 0 Å². The Morgan fingerprint density at radius 1 is 0.218 bits per heavy atom. The first-order valence-electron chi connectivity index (χ1n) is 19.0. The summed E-state index contributed by atoms with van der Waals surface area (Å²) < 4.78 is 2.66. The van der Waals surface area contributed by atoms with E-state index in [2.05, 4.69) is 194 Å². The van der Waals surface area contributed by atoms with Gasteiger partial charge < -0.3 is 0 Å². The Kier molecular flexibility index (Phi) is 6.60. The molecule has 0 unspecified atom stereocenters. The molecule has 12 rings (SSSR count). The largest absolute Gasteiger partial charge is 0.135 e. The van der Waals surface area contributed by atoms with Crippen molar-refractivity contribution in [3.63, 3.8) is 0 Å². The molecule has 1 heteroatoms. The van der Waals surface area contributed by atoms with E-state index in [4.69, 9.17) is 0 Å². The van der Waals surface area contributed by atoms with Gasteiger partial charge >= 0.3 is 0 Å². The third kappa shape index (κ3) is 4.57. The Labute approximate surface area is 322 Å². The van der Waals surface area contributed by atoms with Gasteiger partial charge in [0.1, 0.15) is 0 Å². The van der Waals surface area contributed by atoms with Crippen LogP contribution in [0.5, 0.6) is 0 Å². The molecule has 1 aromatic heterocycles. The van der Waals surface area contributed by atoms with Crippen molar-refractivity contribution in [3.05, 3.63) is 194 Å². The molecule has 0 N–H and O–H groups in total. The molecule has 0 bridgehead atoms. The molecular weight excluding hydrogens is 681 g/mol. The Hall–Kier alpha value is -6.80. The number of hydrogen-bond acceptors (Lipinski definition) is 1. The van der Waals surface area contributed by atoms with Crippen molar-refractivity contribution in [3.8, 4) is 33.4 Å². The molecule has 11 aromatic carbocycles. The fourth-order valence-corrected chi connectivity index (χ4v) is 10.5. The van der Waals surface area contributed by atoms with Gasteiger partial charge in [-0.05, 0) is 128 Å². The predicted octanol–water partition coefficient (Wildman–Crippen LogP) is 16.0. The van der Waals surface area contributed by atoms with E-state index in [0.717, 1.165) is 0 Å². The van der Waals surface area contributed by atoms with Crippen LogP contribution in [0.15, 0.2) is 194 Å². The predicted molar refractivity (Wildman–Crippen MR) is 241 cm³/mol. The molecule has 0 spiro atoms. The van der Waals surface area contributed by atoms with E-state index in [1.165, 1.54) is 118 Å². The highest BCUT2D eigenvalue weighted by Crippen LogP contribution is 2.50.